The number of benzene rings is 2. The Balaban J connectivity index is 1.12. The normalized spacial score (nSPS) is 26.7. The van der Waals surface area contributed by atoms with E-state index in [2.05, 4.69) is 77.4 Å². The molecule has 2 aromatic rings. The standard InChI is InChI=1S/C33H43N3O4S/c1-22-5-10-30(40-20-27-7-6-24(16-23(27)2)17-35-11-13-39-14-12-35)28(15-22)29-21-41-33(34(29)3)36-18-25-8-9-26(19-36)31(25)32(37)38-4/h5-7,10,15-16,21,25-26,31,33H,8-9,11-14,17-20H2,1-4H3. The van der Waals surface area contributed by atoms with Crippen molar-refractivity contribution in [3.8, 4) is 5.75 Å². The van der Waals surface area contributed by atoms with Crippen LogP contribution in [0.4, 0.5) is 0 Å². The molecule has 7 nitrogen and oxygen atoms in total. The highest BCUT2D eigenvalue weighted by atomic mass is 32.2. The molecule has 3 unspecified atom stereocenters. The van der Waals surface area contributed by atoms with E-state index in [-0.39, 0.29) is 17.4 Å². The molecule has 41 heavy (non-hydrogen) atoms. The fraction of sp³-hybridized carbons (Fsp3) is 0.545. The maximum Gasteiger partial charge on any atom is 0.309 e. The molecule has 4 aliphatic rings. The van der Waals surface area contributed by atoms with Gasteiger partial charge in [0.25, 0.3) is 0 Å². The summed E-state index contributed by atoms with van der Waals surface area (Å²) in [5, 5.41) is 2.28. The van der Waals surface area contributed by atoms with Crippen molar-refractivity contribution in [2.24, 2.45) is 17.8 Å². The molecule has 0 N–H and O–H groups in total. The fourth-order valence-electron chi connectivity index (χ4n) is 7.12. The number of rotatable bonds is 8. The smallest absolute Gasteiger partial charge is 0.309 e. The first-order valence-electron chi connectivity index (χ1n) is 14.9. The van der Waals surface area contributed by atoms with E-state index in [1.807, 2.05) is 11.8 Å². The third kappa shape index (κ3) is 6.03. The van der Waals surface area contributed by atoms with Crippen LogP contribution in [0.3, 0.4) is 0 Å². The zero-order valence-corrected chi connectivity index (χ0v) is 25.6. The molecule has 220 valence electrons. The number of hydrogen-bond donors (Lipinski definition) is 0. The molecule has 3 aliphatic heterocycles. The van der Waals surface area contributed by atoms with Crippen molar-refractivity contribution in [1.29, 1.82) is 0 Å². The predicted octanol–water partition coefficient (Wildman–Crippen LogP) is 5.11. The van der Waals surface area contributed by atoms with Crippen LogP contribution < -0.4 is 4.74 Å². The molecular weight excluding hydrogens is 534 g/mol. The number of carbonyl (C=O) groups is 1. The quantitative estimate of drug-likeness (QED) is 0.402. The Bertz CT molecular complexity index is 1280. The third-order valence-electron chi connectivity index (χ3n) is 9.37. The molecule has 1 saturated carbocycles. The molecule has 0 aromatic heterocycles. The van der Waals surface area contributed by atoms with Gasteiger partial charge < -0.3 is 19.1 Å². The summed E-state index contributed by atoms with van der Waals surface area (Å²) in [6, 6.07) is 13.2. The van der Waals surface area contributed by atoms with Gasteiger partial charge in [0.2, 0.25) is 0 Å². The summed E-state index contributed by atoms with van der Waals surface area (Å²) in [5.74, 6) is 1.73. The van der Waals surface area contributed by atoms with Crippen molar-refractivity contribution in [2.75, 3.05) is 53.6 Å². The topological polar surface area (TPSA) is 54.5 Å². The van der Waals surface area contributed by atoms with E-state index >= 15 is 0 Å². The second-order valence-electron chi connectivity index (χ2n) is 12.1. The number of likely N-dealkylation sites (tertiary alicyclic amines) is 1. The average molecular weight is 578 g/mol. The molecule has 3 heterocycles. The third-order valence-corrected chi connectivity index (χ3v) is 10.6. The van der Waals surface area contributed by atoms with E-state index in [0.717, 1.165) is 70.1 Å². The number of thioether (sulfide) groups is 1. The number of piperidine rings is 1. The minimum atomic E-state index is -0.0214. The van der Waals surface area contributed by atoms with Gasteiger partial charge in [-0.3, -0.25) is 14.6 Å². The molecule has 1 aliphatic carbocycles. The van der Waals surface area contributed by atoms with Gasteiger partial charge >= 0.3 is 5.97 Å². The number of nitrogens with zero attached hydrogens (tertiary/aromatic N) is 3. The zero-order chi connectivity index (χ0) is 28.5. The molecule has 3 atom stereocenters. The number of morpholine rings is 1. The molecule has 8 heteroatoms. The van der Waals surface area contributed by atoms with Gasteiger partial charge in [-0.2, -0.15) is 0 Å². The number of ether oxygens (including phenoxy) is 3. The van der Waals surface area contributed by atoms with E-state index in [1.54, 1.807) is 0 Å². The van der Waals surface area contributed by atoms with Gasteiger partial charge in [-0.15, -0.1) is 0 Å². The van der Waals surface area contributed by atoms with E-state index in [4.69, 9.17) is 14.2 Å². The van der Waals surface area contributed by atoms with Crippen molar-refractivity contribution in [3.05, 3.63) is 69.6 Å². The highest BCUT2D eigenvalue weighted by molar-refractivity contribution is 8.03. The molecule has 2 aromatic carbocycles. The van der Waals surface area contributed by atoms with Crippen LogP contribution in [-0.4, -0.2) is 79.7 Å². The Morgan fingerprint density at radius 2 is 1.80 bits per heavy atom. The first-order valence-corrected chi connectivity index (χ1v) is 15.9. The average Bonchev–Trinajstić information content (AvgIpc) is 3.49. The van der Waals surface area contributed by atoms with Crippen molar-refractivity contribution >= 4 is 23.4 Å². The first-order chi connectivity index (χ1) is 19.9. The van der Waals surface area contributed by atoms with Gasteiger partial charge in [-0.1, -0.05) is 41.6 Å². The summed E-state index contributed by atoms with van der Waals surface area (Å²) in [7, 11) is 3.71. The highest BCUT2D eigenvalue weighted by Crippen LogP contribution is 2.47. The van der Waals surface area contributed by atoms with Crippen LogP contribution in [0, 0.1) is 31.6 Å². The lowest BCUT2D eigenvalue weighted by Crippen LogP contribution is -2.51. The Hall–Kier alpha value is -2.52. The number of aryl methyl sites for hydroxylation is 2. The predicted molar refractivity (Wildman–Crippen MR) is 163 cm³/mol. The SMILES string of the molecule is COC(=O)C1C2CCC1CN(C1SC=C(c3cc(C)ccc3OCc3ccc(CN4CCOCC4)cc3C)N1C)C2. The summed E-state index contributed by atoms with van der Waals surface area (Å²) in [6.07, 6.45) is 2.23. The van der Waals surface area contributed by atoms with Crippen molar-refractivity contribution in [1.82, 2.24) is 14.7 Å². The van der Waals surface area contributed by atoms with Crippen LogP contribution in [0.15, 0.2) is 41.8 Å². The summed E-state index contributed by atoms with van der Waals surface area (Å²) >= 11 is 1.86. The Morgan fingerprint density at radius 3 is 2.51 bits per heavy atom. The molecule has 0 spiro atoms. The van der Waals surface area contributed by atoms with Crippen LogP contribution in [0.25, 0.3) is 5.70 Å². The lowest BCUT2D eigenvalue weighted by Gasteiger charge is -2.42. The minimum absolute atomic E-state index is 0.0214. The summed E-state index contributed by atoms with van der Waals surface area (Å²) < 4.78 is 17.2. The van der Waals surface area contributed by atoms with E-state index in [9.17, 15) is 4.79 Å². The molecule has 3 fully saturated rings. The van der Waals surface area contributed by atoms with Gasteiger partial charge in [0.1, 0.15) is 17.9 Å². The van der Waals surface area contributed by atoms with Crippen LogP contribution >= 0.6 is 11.8 Å². The Kier molecular flexibility index (Phi) is 8.63. The van der Waals surface area contributed by atoms with E-state index in [1.165, 1.54) is 35.1 Å². The molecule has 0 radical (unpaired) electrons. The molecule has 0 amide bonds. The fourth-order valence-corrected chi connectivity index (χ4v) is 8.31. The van der Waals surface area contributed by atoms with Crippen LogP contribution in [0.1, 0.15) is 40.7 Å². The lowest BCUT2D eigenvalue weighted by atomic mass is 9.85. The number of fused-ring (bicyclic) bond motifs is 2. The summed E-state index contributed by atoms with van der Waals surface area (Å²) in [6.45, 7) is 11.4. The summed E-state index contributed by atoms with van der Waals surface area (Å²) in [5.41, 5.74) is 7.59. The van der Waals surface area contributed by atoms with Crippen molar-refractivity contribution in [2.45, 2.75) is 45.3 Å². The number of methoxy groups -OCH3 is 1. The van der Waals surface area contributed by atoms with E-state index in [0.29, 0.717) is 18.4 Å². The molecule has 6 rings (SSSR count). The Morgan fingerprint density at radius 1 is 1.05 bits per heavy atom. The number of esters is 1. The van der Waals surface area contributed by atoms with Gasteiger partial charge in [0.15, 0.2) is 0 Å². The molecule has 2 bridgehead atoms. The number of hydrogen-bond acceptors (Lipinski definition) is 8. The van der Waals surface area contributed by atoms with Crippen molar-refractivity contribution < 1.29 is 19.0 Å². The lowest BCUT2D eigenvalue weighted by molar-refractivity contribution is -0.150. The number of carbonyl (C=O) groups excluding carboxylic acids is 1. The second-order valence-corrected chi connectivity index (χ2v) is 13.0. The highest BCUT2D eigenvalue weighted by Gasteiger charge is 2.48. The molecule has 2 saturated heterocycles. The molecular formula is C33H43N3O4S. The van der Waals surface area contributed by atoms with Gasteiger partial charge in [-0.25, -0.2) is 0 Å². The first kappa shape index (κ1) is 28.6. The monoisotopic (exact) mass is 577 g/mol. The van der Waals surface area contributed by atoms with Crippen LogP contribution in [0.5, 0.6) is 5.75 Å². The van der Waals surface area contributed by atoms with Crippen LogP contribution in [-0.2, 0) is 27.4 Å². The summed E-state index contributed by atoms with van der Waals surface area (Å²) in [4.78, 5) is 19.8. The van der Waals surface area contributed by atoms with Crippen LogP contribution in [0.2, 0.25) is 0 Å². The maximum atomic E-state index is 12.4. The van der Waals surface area contributed by atoms with Gasteiger partial charge in [0, 0.05) is 45.3 Å². The maximum absolute atomic E-state index is 12.4. The van der Waals surface area contributed by atoms with Crippen molar-refractivity contribution in [3.63, 3.8) is 0 Å². The Labute approximate surface area is 248 Å². The van der Waals surface area contributed by atoms with Gasteiger partial charge in [0.05, 0.1) is 31.9 Å². The van der Waals surface area contributed by atoms with Gasteiger partial charge in [-0.05, 0) is 72.8 Å². The largest absolute Gasteiger partial charge is 0.488 e. The van der Waals surface area contributed by atoms with E-state index < -0.39 is 0 Å². The minimum Gasteiger partial charge on any atom is -0.488 e. The second kappa shape index (κ2) is 12.4. The zero-order valence-electron chi connectivity index (χ0n) is 24.8.